The van der Waals surface area contributed by atoms with Crippen LogP contribution in [0.1, 0.15) is 136 Å². The van der Waals surface area contributed by atoms with Crippen molar-refractivity contribution in [3.05, 3.63) is 85.1 Å². The first-order chi connectivity index (χ1) is 26.2. The first-order valence-corrected chi connectivity index (χ1v) is 21.7. The lowest BCUT2D eigenvalue weighted by atomic mass is 10.1. The van der Waals surface area contributed by atoms with Gasteiger partial charge in [-0.15, -0.1) is 0 Å². The number of hydrogen-bond acceptors (Lipinski definition) is 9. The fourth-order valence-corrected chi connectivity index (χ4v) is 5.66. The highest BCUT2D eigenvalue weighted by atomic mass is 31.2. The lowest BCUT2D eigenvalue weighted by molar-refractivity contribution is -0.161. The highest BCUT2D eigenvalue weighted by Crippen LogP contribution is 2.43. The number of esters is 2. The van der Waals surface area contributed by atoms with Crippen molar-refractivity contribution in [2.24, 2.45) is 5.73 Å². The van der Waals surface area contributed by atoms with Crippen molar-refractivity contribution in [3.8, 4) is 0 Å². The number of rotatable bonds is 36. The van der Waals surface area contributed by atoms with E-state index in [0.717, 1.165) is 89.9 Å². The molecule has 11 heteroatoms. The van der Waals surface area contributed by atoms with Crippen LogP contribution in [0.15, 0.2) is 85.1 Å². The third-order valence-electron chi connectivity index (χ3n) is 7.86. The molecule has 0 saturated heterocycles. The maximum absolute atomic E-state index is 12.6. The summed E-state index contributed by atoms with van der Waals surface area (Å²) in [5.41, 5.74) is 5.33. The number of carbonyl (C=O) groups excluding carboxylic acids is 2. The molecular weight excluding hydrogens is 705 g/mol. The summed E-state index contributed by atoms with van der Waals surface area (Å²) >= 11 is 0. The zero-order valence-corrected chi connectivity index (χ0v) is 34.2. The molecule has 10 nitrogen and oxygen atoms in total. The van der Waals surface area contributed by atoms with Crippen molar-refractivity contribution >= 4 is 19.8 Å². The van der Waals surface area contributed by atoms with Gasteiger partial charge in [-0.1, -0.05) is 131 Å². The Morgan fingerprint density at radius 1 is 0.648 bits per heavy atom. The van der Waals surface area contributed by atoms with Crippen LogP contribution in [0, 0.1) is 0 Å². The topological polar surface area (TPSA) is 155 Å². The Balaban J connectivity index is 4.33. The summed E-state index contributed by atoms with van der Waals surface area (Å²) in [4.78, 5) is 34.8. The normalized spacial score (nSPS) is 14.8. The molecule has 0 aromatic heterocycles. The molecule has 0 aromatic rings. The fourth-order valence-electron chi connectivity index (χ4n) is 4.89. The molecule has 2 unspecified atom stereocenters. The summed E-state index contributed by atoms with van der Waals surface area (Å²) in [5, 5.41) is 9.86. The smallest absolute Gasteiger partial charge is 0.462 e. The average molecular weight is 778 g/mol. The van der Waals surface area contributed by atoms with Crippen LogP contribution in [0.2, 0.25) is 0 Å². The molecule has 0 heterocycles. The summed E-state index contributed by atoms with van der Waals surface area (Å²) in [6, 6.07) is 0. The van der Waals surface area contributed by atoms with E-state index in [2.05, 4.69) is 68.5 Å². The van der Waals surface area contributed by atoms with Gasteiger partial charge in [0.25, 0.3) is 0 Å². The molecule has 0 bridgehead atoms. The van der Waals surface area contributed by atoms with Crippen molar-refractivity contribution in [1.29, 1.82) is 0 Å². The number of nitrogens with two attached hydrogens (primary N) is 1. The SMILES string of the molecule is CC/C=C\C/C=C\C/C=C\C/C=C\CCCCCCC(=O)OC[C@H](COP(=O)(O)OCCN)OC(=O)CCCCCCC/C=C/C=C/C(O)C/C=C/CC. The van der Waals surface area contributed by atoms with E-state index in [-0.39, 0.29) is 32.6 Å². The molecule has 54 heavy (non-hydrogen) atoms. The number of aliphatic hydroxyl groups is 1. The first kappa shape index (κ1) is 51.1. The van der Waals surface area contributed by atoms with Crippen LogP contribution in [-0.2, 0) is 32.7 Å². The van der Waals surface area contributed by atoms with Crippen molar-refractivity contribution < 1.29 is 42.7 Å². The van der Waals surface area contributed by atoms with Crippen LogP contribution < -0.4 is 5.73 Å². The van der Waals surface area contributed by atoms with Crippen LogP contribution in [0.4, 0.5) is 0 Å². The predicted molar refractivity (Wildman–Crippen MR) is 221 cm³/mol. The third kappa shape index (κ3) is 37.5. The van der Waals surface area contributed by atoms with E-state index in [1.807, 2.05) is 24.3 Å². The molecule has 0 amide bonds. The van der Waals surface area contributed by atoms with Gasteiger partial charge in [0.05, 0.1) is 19.3 Å². The highest BCUT2D eigenvalue weighted by Gasteiger charge is 2.26. The predicted octanol–water partition coefficient (Wildman–Crippen LogP) is 10.2. The van der Waals surface area contributed by atoms with Crippen molar-refractivity contribution in [2.45, 2.75) is 148 Å². The summed E-state index contributed by atoms with van der Waals surface area (Å²) < 4.78 is 32.6. The second-order valence-corrected chi connectivity index (χ2v) is 14.4. The number of phosphoric acid groups is 1. The first-order valence-electron chi connectivity index (χ1n) is 20.2. The molecule has 0 aliphatic rings. The molecule has 0 rings (SSSR count). The monoisotopic (exact) mass is 777 g/mol. The van der Waals surface area contributed by atoms with Gasteiger partial charge in [0.2, 0.25) is 0 Å². The van der Waals surface area contributed by atoms with Gasteiger partial charge in [-0.05, 0) is 77.0 Å². The van der Waals surface area contributed by atoms with Crippen molar-refractivity contribution in [3.63, 3.8) is 0 Å². The molecular formula is C43H72NO9P. The Hall–Kier alpha value is -2.85. The van der Waals surface area contributed by atoms with Gasteiger partial charge in [-0.3, -0.25) is 18.6 Å². The number of ether oxygens (including phenoxy) is 2. The molecule has 4 N–H and O–H groups in total. The van der Waals surface area contributed by atoms with Gasteiger partial charge in [0.15, 0.2) is 6.10 Å². The molecule has 0 radical (unpaired) electrons. The Morgan fingerprint density at radius 3 is 1.81 bits per heavy atom. The average Bonchev–Trinajstić information content (AvgIpc) is 3.15. The highest BCUT2D eigenvalue weighted by molar-refractivity contribution is 7.47. The van der Waals surface area contributed by atoms with E-state index >= 15 is 0 Å². The quantitative estimate of drug-likeness (QED) is 0.0184. The van der Waals surface area contributed by atoms with Gasteiger partial charge in [0, 0.05) is 19.4 Å². The fraction of sp³-hybridized carbons (Fsp3) is 0.628. The number of allylic oxidation sites excluding steroid dienone is 12. The lowest BCUT2D eigenvalue weighted by Gasteiger charge is -2.19. The summed E-state index contributed by atoms with van der Waals surface area (Å²) in [7, 11) is -4.40. The van der Waals surface area contributed by atoms with E-state index in [1.165, 1.54) is 0 Å². The number of carbonyl (C=O) groups is 2. The van der Waals surface area contributed by atoms with Gasteiger partial charge < -0.3 is 25.2 Å². The zero-order chi connectivity index (χ0) is 39.8. The minimum Gasteiger partial charge on any atom is -0.462 e. The lowest BCUT2D eigenvalue weighted by Crippen LogP contribution is -2.29. The van der Waals surface area contributed by atoms with E-state index in [0.29, 0.717) is 19.3 Å². The molecule has 0 aliphatic carbocycles. The molecule has 0 fully saturated rings. The maximum Gasteiger partial charge on any atom is 0.472 e. The molecule has 308 valence electrons. The van der Waals surface area contributed by atoms with E-state index in [1.54, 1.807) is 6.08 Å². The third-order valence-corrected chi connectivity index (χ3v) is 8.84. The molecule has 0 saturated carbocycles. The molecule has 0 spiro atoms. The van der Waals surface area contributed by atoms with Gasteiger partial charge in [-0.25, -0.2) is 4.57 Å². The Kier molecular flexibility index (Phi) is 36.4. The number of aliphatic hydroxyl groups excluding tert-OH is 1. The van der Waals surface area contributed by atoms with Crippen LogP contribution in [-0.4, -0.2) is 60.5 Å². The largest absolute Gasteiger partial charge is 0.472 e. The summed E-state index contributed by atoms with van der Waals surface area (Å²) in [6.45, 7) is 3.30. The van der Waals surface area contributed by atoms with Gasteiger partial charge in [-0.2, -0.15) is 0 Å². The zero-order valence-electron chi connectivity index (χ0n) is 33.3. The molecule has 0 aliphatic heterocycles. The van der Waals surface area contributed by atoms with Gasteiger partial charge in [0.1, 0.15) is 6.61 Å². The summed E-state index contributed by atoms with van der Waals surface area (Å²) in [6.07, 6.45) is 43.7. The van der Waals surface area contributed by atoms with E-state index < -0.39 is 38.6 Å². The van der Waals surface area contributed by atoms with Gasteiger partial charge >= 0.3 is 19.8 Å². The van der Waals surface area contributed by atoms with Crippen LogP contribution in [0.25, 0.3) is 0 Å². The van der Waals surface area contributed by atoms with E-state index in [4.69, 9.17) is 24.3 Å². The van der Waals surface area contributed by atoms with Crippen molar-refractivity contribution in [2.75, 3.05) is 26.4 Å². The standard InChI is InChI=1S/C43H72NO9P/c1-3-5-7-8-9-10-11-12-13-14-15-16-17-20-23-26-30-34-42(46)50-38-41(39-52-54(48,49)51-37-36-44)53-43(47)35-31-27-24-21-18-19-22-25-29-33-40(45)32-28-6-4-2/h5-7,9-10,12-13,15-16,22,25,28-29,33,40-41,45H,3-4,8,11,14,17-21,23-24,26-27,30-32,34-39,44H2,1-2H3,(H,48,49)/b7-5-,10-9-,13-12-,16-15-,25-22+,28-6+,33-29+/t40?,41-/m1/s1. The summed E-state index contributed by atoms with van der Waals surface area (Å²) in [5.74, 6) is -0.921. The van der Waals surface area contributed by atoms with E-state index in [9.17, 15) is 24.2 Å². The van der Waals surface area contributed by atoms with Crippen LogP contribution in [0.3, 0.4) is 0 Å². The maximum atomic E-state index is 12.6. The minimum atomic E-state index is -4.40. The second kappa shape index (κ2) is 38.4. The van der Waals surface area contributed by atoms with Crippen LogP contribution >= 0.6 is 7.82 Å². The number of phosphoric ester groups is 1. The van der Waals surface area contributed by atoms with Crippen LogP contribution in [0.5, 0.6) is 0 Å². The molecule has 3 atom stereocenters. The molecule has 0 aromatic carbocycles. The number of hydrogen-bond donors (Lipinski definition) is 3. The van der Waals surface area contributed by atoms with Crippen molar-refractivity contribution in [1.82, 2.24) is 0 Å². The number of unbranched alkanes of at least 4 members (excludes halogenated alkanes) is 9. The second-order valence-electron chi connectivity index (χ2n) is 12.9. The Bertz CT molecular complexity index is 1180. The minimum absolute atomic E-state index is 0.0326. The Labute approximate surface area is 326 Å². The Morgan fingerprint density at radius 2 is 1.19 bits per heavy atom.